The number of nitrogens with one attached hydrogen (secondary N) is 1. The number of aliphatic carboxylic acids is 1. The van der Waals surface area contributed by atoms with Crippen molar-refractivity contribution in [3.05, 3.63) is 0 Å². The van der Waals surface area contributed by atoms with Crippen LogP contribution in [-0.2, 0) is 9.59 Å². The van der Waals surface area contributed by atoms with Gasteiger partial charge in [0.2, 0.25) is 5.91 Å². The van der Waals surface area contributed by atoms with Crippen LogP contribution in [0.15, 0.2) is 0 Å². The smallest absolute Gasteiger partial charge is 0.320 e. The molecule has 1 fully saturated rings. The van der Waals surface area contributed by atoms with E-state index in [1.807, 2.05) is 0 Å². The minimum atomic E-state index is -0.874. The third-order valence-corrected chi connectivity index (χ3v) is 5.08. The molecule has 5 heteroatoms. The molecule has 0 aliphatic heterocycles. The lowest BCUT2D eigenvalue weighted by atomic mass is 9.58. The zero-order valence-electron chi connectivity index (χ0n) is 13.7. The molecule has 0 radical (unpaired) electrons. The van der Waals surface area contributed by atoms with Gasteiger partial charge in [-0.25, -0.2) is 0 Å². The van der Waals surface area contributed by atoms with Gasteiger partial charge in [-0.3, -0.25) is 9.59 Å². The van der Waals surface area contributed by atoms with Gasteiger partial charge in [-0.2, -0.15) is 0 Å². The SMILES string of the molecule is CC1CCC(C(C)C)C(CCN[C@@H](C)C(=O)O)(C(N)=O)C1. The zero-order valence-corrected chi connectivity index (χ0v) is 13.7. The first-order chi connectivity index (χ1) is 9.70. The lowest BCUT2D eigenvalue weighted by Crippen LogP contribution is -2.50. The van der Waals surface area contributed by atoms with Gasteiger partial charge in [-0.1, -0.05) is 27.2 Å². The first-order valence-corrected chi connectivity index (χ1v) is 7.96. The van der Waals surface area contributed by atoms with E-state index in [9.17, 15) is 9.59 Å². The van der Waals surface area contributed by atoms with Gasteiger partial charge in [0.25, 0.3) is 0 Å². The summed E-state index contributed by atoms with van der Waals surface area (Å²) in [6, 6.07) is -0.603. The molecular weight excluding hydrogens is 268 g/mol. The summed E-state index contributed by atoms with van der Waals surface area (Å²) in [5.41, 5.74) is 5.28. The number of carboxylic acids is 1. The second-order valence-electron chi connectivity index (χ2n) is 7.02. The molecule has 1 saturated carbocycles. The van der Waals surface area contributed by atoms with Crippen molar-refractivity contribution in [3.8, 4) is 0 Å². The molecular formula is C16H30N2O3. The van der Waals surface area contributed by atoms with Crippen molar-refractivity contribution < 1.29 is 14.7 Å². The molecule has 1 aliphatic rings. The maximum atomic E-state index is 12.2. The van der Waals surface area contributed by atoms with Crippen molar-refractivity contribution in [2.24, 2.45) is 28.9 Å². The molecule has 4 atom stereocenters. The second kappa shape index (κ2) is 7.25. The van der Waals surface area contributed by atoms with Crippen molar-refractivity contribution in [2.45, 2.75) is 59.4 Å². The highest BCUT2D eigenvalue weighted by molar-refractivity contribution is 5.81. The third kappa shape index (κ3) is 4.19. The van der Waals surface area contributed by atoms with E-state index in [0.29, 0.717) is 24.8 Å². The lowest BCUT2D eigenvalue weighted by molar-refractivity contribution is -0.139. The number of amides is 1. The Bertz CT molecular complexity index is 384. The largest absolute Gasteiger partial charge is 0.480 e. The van der Waals surface area contributed by atoms with E-state index >= 15 is 0 Å². The first-order valence-electron chi connectivity index (χ1n) is 7.96. The van der Waals surface area contributed by atoms with Gasteiger partial charge < -0.3 is 16.2 Å². The summed E-state index contributed by atoms with van der Waals surface area (Å²) in [6.07, 6.45) is 3.59. The molecule has 3 unspecified atom stereocenters. The van der Waals surface area contributed by atoms with Crippen LogP contribution in [0.4, 0.5) is 0 Å². The summed E-state index contributed by atoms with van der Waals surface area (Å²) in [5, 5.41) is 11.9. The van der Waals surface area contributed by atoms with Gasteiger partial charge in [-0.05, 0) is 50.5 Å². The van der Waals surface area contributed by atoms with E-state index in [1.165, 1.54) is 0 Å². The maximum Gasteiger partial charge on any atom is 0.320 e. The van der Waals surface area contributed by atoms with Crippen LogP contribution in [-0.4, -0.2) is 29.6 Å². The molecule has 122 valence electrons. The molecule has 0 heterocycles. The molecule has 1 amide bonds. The quantitative estimate of drug-likeness (QED) is 0.670. The molecule has 0 aromatic carbocycles. The van der Waals surface area contributed by atoms with Gasteiger partial charge in [0.05, 0.1) is 5.41 Å². The predicted octanol–water partition coefficient (Wildman–Crippen LogP) is 2.00. The van der Waals surface area contributed by atoms with E-state index in [0.717, 1.165) is 19.3 Å². The molecule has 0 spiro atoms. The van der Waals surface area contributed by atoms with Crippen LogP contribution >= 0.6 is 0 Å². The monoisotopic (exact) mass is 298 g/mol. The Hall–Kier alpha value is -1.10. The zero-order chi connectivity index (χ0) is 16.2. The Kier molecular flexibility index (Phi) is 6.20. The molecule has 21 heavy (non-hydrogen) atoms. The van der Waals surface area contributed by atoms with E-state index < -0.39 is 17.4 Å². The van der Waals surface area contributed by atoms with Crippen molar-refractivity contribution in [3.63, 3.8) is 0 Å². The Labute approximate surface area is 127 Å². The van der Waals surface area contributed by atoms with E-state index in [1.54, 1.807) is 6.92 Å². The van der Waals surface area contributed by atoms with E-state index in [4.69, 9.17) is 10.8 Å². The maximum absolute atomic E-state index is 12.2. The predicted molar refractivity (Wildman–Crippen MR) is 82.7 cm³/mol. The van der Waals surface area contributed by atoms with Crippen LogP contribution in [0.1, 0.15) is 53.4 Å². The standard InChI is InChI=1S/C16H30N2O3/c1-10(2)13-6-5-11(3)9-16(13,15(17)21)7-8-18-12(4)14(19)20/h10-13,18H,5-9H2,1-4H3,(H2,17,21)(H,19,20)/t11?,12-,13?,16?/m0/s1. The van der Waals surface area contributed by atoms with E-state index in [-0.39, 0.29) is 11.8 Å². The van der Waals surface area contributed by atoms with Crippen LogP contribution in [0.3, 0.4) is 0 Å². The van der Waals surface area contributed by atoms with Crippen molar-refractivity contribution >= 4 is 11.9 Å². The number of hydrogen-bond donors (Lipinski definition) is 3. The van der Waals surface area contributed by atoms with Gasteiger partial charge in [0.15, 0.2) is 0 Å². The molecule has 1 aliphatic carbocycles. The number of carbonyl (C=O) groups is 2. The fourth-order valence-corrected chi connectivity index (χ4v) is 3.88. The number of rotatable bonds is 7. The number of nitrogens with two attached hydrogens (primary N) is 1. The topological polar surface area (TPSA) is 92.4 Å². The van der Waals surface area contributed by atoms with Gasteiger partial charge in [-0.15, -0.1) is 0 Å². The summed E-state index contributed by atoms with van der Waals surface area (Å²) in [4.78, 5) is 23.1. The average molecular weight is 298 g/mol. The van der Waals surface area contributed by atoms with Crippen molar-refractivity contribution in [1.29, 1.82) is 0 Å². The summed E-state index contributed by atoms with van der Waals surface area (Å²) in [6.45, 7) is 8.58. The summed E-state index contributed by atoms with van der Waals surface area (Å²) in [7, 11) is 0. The Morgan fingerprint density at radius 2 is 1.95 bits per heavy atom. The van der Waals surface area contributed by atoms with Gasteiger partial charge in [0.1, 0.15) is 6.04 Å². The highest BCUT2D eigenvalue weighted by atomic mass is 16.4. The summed E-state index contributed by atoms with van der Waals surface area (Å²) in [5.74, 6) is 0.0810. The lowest BCUT2D eigenvalue weighted by Gasteiger charge is -2.46. The highest BCUT2D eigenvalue weighted by Crippen LogP contribution is 2.49. The van der Waals surface area contributed by atoms with Crippen LogP contribution in [0.2, 0.25) is 0 Å². The molecule has 1 rings (SSSR count). The van der Waals surface area contributed by atoms with Crippen molar-refractivity contribution in [1.82, 2.24) is 5.32 Å². The normalized spacial score (nSPS) is 31.1. The number of carboxylic acid groups (broad SMARTS) is 1. The molecule has 0 aromatic heterocycles. The third-order valence-electron chi connectivity index (χ3n) is 5.08. The average Bonchev–Trinajstić information content (AvgIpc) is 2.37. The number of carbonyl (C=O) groups excluding carboxylic acids is 1. The Morgan fingerprint density at radius 3 is 2.43 bits per heavy atom. The second-order valence-corrected chi connectivity index (χ2v) is 7.02. The van der Waals surface area contributed by atoms with Crippen LogP contribution < -0.4 is 11.1 Å². The Morgan fingerprint density at radius 1 is 1.33 bits per heavy atom. The fraction of sp³-hybridized carbons (Fsp3) is 0.875. The van der Waals surface area contributed by atoms with Crippen LogP contribution in [0.25, 0.3) is 0 Å². The van der Waals surface area contributed by atoms with Crippen molar-refractivity contribution in [2.75, 3.05) is 6.54 Å². The first kappa shape index (κ1) is 18.0. The molecule has 0 aromatic rings. The van der Waals surface area contributed by atoms with Crippen LogP contribution in [0.5, 0.6) is 0 Å². The molecule has 0 saturated heterocycles. The Balaban J connectivity index is 2.83. The van der Waals surface area contributed by atoms with Gasteiger partial charge >= 0.3 is 5.97 Å². The summed E-state index contributed by atoms with van der Waals surface area (Å²) < 4.78 is 0. The molecule has 5 nitrogen and oxygen atoms in total. The summed E-state index contributed by atoms with van der Waals surface area (Å²) >= 11 is 0. The number of hydrogen-bond acceptors (Lipinski definition) is 3. The highest BCUT2D eigenvalue weighted by Gasteiger charge is 2.48. The number of primary amides is 1. The van der Waals surface area contributed by atoms with Crippen LogP contribution in [0, 0.1) is 23.2 Å². The molecule has 4 N–H and O–H groups in total. The van der Waals surface area contributed by atoms with Gasteiger partial charge in [0, 0.05) is 0 Å². The molecule has 0 bridgehead atoms. The van der Waals surface area contributed by atoms with E-state index in [2.05, 4.69) is 26.1 Å². The minimum absolute atomic E-state index is 0.225. The fourth-order valence-electron chi connectivity index (χ4n) is 3.88. The minimum Gasteiger partial charge on any atom is -0.480 e.